The van der Waals surface area contributed by atoms with Crippen molar-refractivity contribution in [3.63, 3.8) is 0 Å². The Morgan fingerprint density at radius 1 is 1.10 bits per heavy atom. The molecule has 2 saturated carbocycles. The third-order valence-electron chi connectivity index (χ3n) is 4.01. The van der Waals surface area contributed by atoms with Crippen LogP contribution in [0.5, 0.6) is 0 Å². The molecule has 0 radical (unpaired) electrons. The summed E-state index contributed by atoms with van der Waals surface area (Å²) in [7, 11) is 0. The van der Waals surface area contributed by atoms with Gasteiger partial charge in [-0.3, -0.25) is 9.59 Å². The molecule has 1 aromatic rings. The van der Waals surface area contributed by atoms with Crippen LogP contribution in [0.2, 0.25) is 5.02 Å². The zero-order valence-electron chi connectivity index (χ0n) is 11.8. The Morgan fingerprint density at radius 3 is 2.43 bits per heavy atom. The highest BCUT2D eigenvalue weighted by atomic mass is 35.5. The summed E-state index contributed by atoms with van der Waals surface area (Å²) in [5.74, 6) is -0.189. The first-order chi connectivity index (χ1) is 10.1. The maximum absolute atomic E-state index is 12.0. The van der Waals surface area contributed by atoms with Gasteiger partial charge < -0.3 is 10.6 Å². The third kappa shape index (κ3) is 3.97. The minimum absolute atomic E-state index is 0.0000829. The number of benzene rings is 1. The first-order valence-electron chi connectivity index (χ1n) is 7.46. The molecule has 0 aromatic heterocycles. The van der Waals surface area contributed by atoms with E-state index in [-0.39, 0.29) is 23.7 Å². The molecule has 4 nitrogen and oxygen atoms in total. The van der Waals surface area contributed by atoms with Crippen LogP contribution in [0.25, 0.3) is 0 Å². The van der Waals surface area contributed by atoms with Crippen LogP contribution in [0.4, 0.5) is 0 Å². The molecule has 21 heavy (non-hydrogen) atoms. The summed E-state index contributed by atoms with van der Waals surface area (Å²) in [6, 6.07) is 7.97. The van der Waals surface area contributed by atoms with E-state index in [1.807, 2.05) is 24.3 Å². The minimum Gasteiger partial charge on any atom is -0.356 e. The lowest BCUT2D eigenvalue weighted by Crippen LogP contribution is -2.32. The van der Waals surface area contributed by atoms with E-state index in [0.29, 0.717) is 24.0 Å². The van der Waals surface area contributed by atoms with Gasteiger partial charge in [0, 0.05) is 17.6 Å². The monoisotopic (exact) mass is 306 g/mol. The number of amides is 2. The second-order valence-corrected chi connectivity index (χ2v) is 6.34. The van der Waals surface area contributed by atoms with Crippen LogP contribution >= 0.6 is 11.6 Å². The molecule has 0 bridgehead atoms. The van der Waals surface area contributed by atoms with Gasteiger partial charge in [0.15, 0.2) is 0 Å². The molecule has 2 N–H and O–H groups in total. The summed E-state index contributed by atoms with van der Waals surface area (Å²) in [5.41, 5.74) is 1.14. The number of rotatable bonds is 6. The van der Waals surface area contributed by atoms with Crippen LogP contribution in [0.3, 0.4) is 0 Å². The van der Waals surface area contributed by atoms with Crippen LogP contribution in [0, 0.1) is 11.8 Å². The third-order valence-corrected chi connectivity index (χ3v) is 4.27. The molecule has 1 aromatic carbocycles. The lowest BCUT2D eigenvalue weighted by molar-refractivity contribution is -0.127. The second-order valence-electron chi connectivity index (χ2n) is 5.90. The van der Waals surface area contributed by atoms with Crippen molar-refractivity contribution in [1.29, 1.82) is 0 Å². The van der Waals surface area contributed by atoms with E-state index in [2.05, 4.69) is 10.6 Å². The van der Waals surface area contributed by atoms with Crippen LogP contribution < -0.4 is 10.6 Å². The van der Waals surface area contributed by atoms with Crippen molar-refractivity contribution in [3.05, 3.63) is 34.9 Å². The Labute approximate surface area is 129 Å². The molecule has 0 spiro atoms. The predicted octanol–water partition coefficient (Wildman–Crippen LogP) is 1.91. The fraction of sp³-hybridized carbons (Fsp3) is 0.500. The molecule has 2 aliphatic carbocycles. The van der Waals surface area contributed by atoms with Gasteiger partial charge in [0.05, 0.1) is 11.8 Å². The summed E-state index contributed by atoms with van der Waals surface area (Å²) in [4.78, 5) is 23.7. The summed E-state index contributed by atoms with van der Waals surface area (Å²) < 4.78 is 0. The number of hydrogen-bond donors (Lipinski definition) is 2. The number of halogens is 1. The average molecular weight is 307 g/mol. The van der Waals surface area contributed by atoms with E-state index in [0.717, 1.165) is 24.8 Å². The SMILES string of the molecule is O=C(NCCc1ccc(Cl)cc1)C1CC1C(=O)NC1CC1. The Hall–Kier alpha value is -1.55. The van der Waals surface area contributed by atoms with E-state index in [1.54, 1.807) is 0 Å². The molecule has 0 heterocycles. The van der Waals surface area contributed by atoms with Gasteiger partial charge in [-0.15, -0.1) is 0 Å². The van der Waals surface area contributed by atoms with Crippen molar-refractivity contribution in [2.45, 2.75) is 31.7 Å². The largest absolute Gasteiger partial charge is 0.356 e. The van der Waals surface area contributed by atoms with Gasteiger partial charge in [-0.1, -0.05) is 23.7 Å². The van der Waals surface area contributed by atoms with Crippen molar-refractivity contribution >= 4 is 23.4 Å². The molecule has 112 valence electrons. The van der Waals surface area contributed by atoms with Gasteiger partial charge in [-0.2, -0.15) is 0 Å². The van der Waals surface area contributed by atoms with Gasteiger partial charge in [0.25, 0.3) is 0 Å². The highest BCUT2D eigenvalue weighted by Gasteiger charge is 2.48. The van der Waals surface area contributed by atoms with E-state index >= 15 is 0 Å². The Kier molecular flexibility index (Phi) is 4.15. The summed E-state index contributed by atoms with van der Waals surface area (Å²) in [5, 5.41) is 6.58. The molecule has 2 fully saturated rings. The average Bonchev–Trinajstić information content (AvgIpc) is 3.34. The van der Waals surface area contributed by atoms with Crippen LogP contribution in [0.15, 0.2) is 24.3 Å². The van der Waals surface area contributed by atoms with Gasteiger partial charge >= 0.3 is 0 Å². The summed E-state index contributed by atoms with van der Waals surface area (Å²) in [6.45, 7) is 0.591. The fourth-order valence-corrected chi connectivity index (χ4v) is 2.55. The maximum atomic E-state index is 12.0. The van der Waals surface area contributed by atoms with E-state index < -0.39 is 0 Å². The number of carbonyl (C=O) groups excluding carboxylic acids is 2. The topological polar surface area (TPSA) is 58.2 Å². The Bertz CT molecular complexity index is 540. The zero-order valence-corrected chi connectivity index (χ0v) is 12.5. The Balaban J connectivity index is 1.37. The molecule has 0 saturated heterocycles. The zero-order chi connectivity index (χ0) is 14.8. The molecule has 2 aliphatic rings. The van der Waals surface area contributed by atoms with Crippen LogP contribution in [0.1, 0.15) is 24.8 Å². The molecule has 5 heteroatoms. The molecule has 0 aliphatic heterocycles. The smallest absolute Gasteiger partial charge is 0.224 e. The number of carbonyl (C=O) groups is 2. The predicted molar refractivity (Wildman–Crippen MR) is 80.9 cm³/mol. The number of hydrogen-bond acceptors (Lipinski definition) is 2. The first kappa shape index (κ1) is 14.4. The quantitative estimate of drug-likeness (QED) is 0.843. The second kappa shape index (κ2) is 6.06. The van der Waals surface area contributed by atoms with Gasteiger partial charge in [0.1, 0.15) is 0 Å². The van der Waals surface area contributed by atoms with Crippen LogP contribution in [-0.4, -0.2) is 24.4 Å². The van der Waals surface area contributed by atoms with Gasteiger partial charge in [-0.25, -0.2) is 0 Å². The van der Waals surface area contributed by atoms with E-state index in [1.165, 1.54) is 0 Å². The summed E-state index contributed by atoms with van der Waals surface area (Å²) in [6.07, 6.45) is 3.62. The molecular weight excluding hydrogens is 288 g/mol. The maximum Gasteiger partial charge on any atom is 0.224 e. The van der Waals surface area contributed by atoms with Crippen molar-refractivity contribution in [3.8, 4) is 0 Å². The lowest BCUT2D eigenvalue weighted by atomic mass is 10.1. The lowest BCUT2D eigenvalue weighted by Gasteiger charge is -2.06. The van der Waals surface area contributed by atoms with Crippen molar-refractivity contribution < 1.29 is 9.59 Å². The van der Waals surface area contributed by atoms with Gasteiger partial charge in [0.2, 0.25) is 11.8 Å². The van der Waals surface area contributed by atoms with E-state index in [9.17, 15) is 9.59 Å². The molecule has 3 rings (SSSR count). The molecule has 2 amide bonds. The highest BCUT2D eigenvalue weighted by Crippen LogP contribution is 2.39. The van der Waals surface area contributed by atoms with Crippen LogP contribution in [-0.2, 0) is 16.0 Å². The molecule has 2 atom stereocenters. The standard InChI is InChI=1S/C16H19ClN2O2/c17-11-3-1-10(2-4-11)7-8-18-15(20)13-9-14(13)16(21)19-12-5-6-12/h1-4,12-14H,5-9H2,(H,18,20)(H,19,21). The summed E-state index contributed by atoms with van der Waals surface area (Å²) >= 11 is 5.82. The fourth-order valence-electron chi connectivity index (χ4n) is 2.42. The van der Waals surface area contributed by atoms with E-state index in [4.69, 9.17) is 11.6 Å². The normalized spacial score (nSPS) is 23.5. The molecule has 2 unspecified atom stereocenters. The molecular formula is C16H19ClN2O2. The van der Waals surface area contributed by atoms with Crippen molar-refractivity contribution in [1.82, 2.24) is 10.6 Å². The van der Waals surface area contributed by atoms with Crippen molar-refractivity contribution in [2.24, 2.45) is 11.8 Å². The number of nitrogens with one attached hydrogen (secondary N) is 2. The van der Waals surface area contributed by atoms with Gasteiger partial charge in [-0.05, 0) is 43.4 Å². The highest BCUT2D eigenvalue weighted by molar-refractivity contribution is 6.30. The Morgan fingerprint density at radius 2 is 1.76 bits per heavy atom. The minimum atomic E-state index is -0.131. The van der Waals surface area contributed by atoms with Crippen molar-refractivity contribution in [2.75, 3.05) is 6.54 Å². The first-order valence-corrected chi connectivity index (χ1v) is 7.84.